The Kier molecular flexibility index (Phi) is 10.9. The van der Waals surface area contributed by atoms with E-state index in [0.29, 0.717) is 56.4 Å². The number of benzene rings is 1. The molecule has 0 radical (unpaired) electrons. The van der Waals surface area contributed by atoms with Crippen LogP contribution in [0, 0.1) is 16.7 Å². The fraction of sp³-hybridized carbons (Fsp3) is 0.577. The van der Waals surface area contributed by atoms with Crippen LogP contribution in [0.25, 0.3) is 11.4 Å². The second-order valence-electron chi connectivity index (χ2n) is 11.3. The Morgan fingerprint density at radius 2 is 1.87 bits per heavy atom. The number of likely N-dealkylation sites (N-methyl/N-ethyl adjacent to an activating group) is 1. The van der Waals surface area contributed by atoms with E-state index in [1.54, 1.807) is 29.2 Å². The maximum absolute atomic E-state index is 13.8. The number of sulfonamides is 1. The Labute approximate surface area is 260 Å². The minimum absolute atomic E-state index is 0.0376. The number of carbonyl (C=O) groups is 2. The first-order valence-corrected chi connectivity index (χ1v) is 16.2. The number of piperidine rings is 2. The fourth-order valence-corrected chi connectivity index (χ4v) is 7.13. The molecule has 246 valence electrons. The number of rotatable bonds is 11. The summed E-state index contributed by atoms with van der Waals surface area (Å²) in [4.78, 5) is 29.4. The zero-order valence-corrected chi connectivity index (χ0v) is 25.8. The van der Waals surface area contributed by atoms with Gasteiger partial charge in [-0.1, -0.05) is 24.3 Å². The molecule has 2 amide bonds. The zero-order chi connectivity index (χ0) is 32.7. The number of guanidine groups is 2. The molecule has 0 aliphatic carbocycles. The van der Waals surface area contributed by atoms with Crippen LogP contribution >= 0.6 is 0 Å². The molecule has 19 heteroatoms. The topological polar surface area (TPSA) is 276 Å². The Morgan fingerprint density at radius 1 is 1.16 bits per heavy atom. The number of amides is 2. The predicted molar refractivity (Wildman–Crippen MR) is 163 cm³/mol. The molecular formula is C26H41N13O5S. The van der Waals surface area contributed by atoms with Crippen molar-refractivity contribution in [2.75, 3.05) is 33.2 Å². The molecule has 2 aromatic rings. The van der Waals surface area contributed by atoms with E-state index < -0.39 is 52.4 Å². The highest BCUT2D eigenvalue weighted by atomic mass is 32.2. The first-order chi connectivity index (χ1) is 21.4. The van der Waals surface area contributed by atoms with Gasteiger partial charge in [0.05, 0.1) is 18.3 Å². The second-order valence-corrected chi connectivity index (χ2v) is 13.3. The normalized spacial score (nSPS) is 20.1. The molecule has 3 atom stereocenters. The van der Waals surface area contributed by atoms with Crippen molar-refractivity contribution in [1.29, 1.82) is 10.8 Å². The minimum atomic E-state index is -4.08. The van der Waals surface area contributed by atoms with Gasteiger partial charge in [0, 0.05) is 32.2 Å². The summed E-state index contributed by atoms with van der Waals surface area (Å²) >= 11 is 0. The number of likely N-dealkylation sites (tertiary alicyclic amines) is 2. The van der Waals surface area contributed by atoms with Gasteiger partial charge in [-0.2, -0.15) is 9.52 Å². The van der Waals surface area contributed by atoms with Crippen LogP contribution in [0.5, 0.6) is 0 Å². The monoisotopic (exact) mass is 647 g/mol. The zero-order valence-electron chi connectivity index (χ0n) is 25.0. The van der Waals surface area contributed by atoms with Gasteiger partial charge in [0.15, 0.2) is 11.9 Å². The summed E-state index contributed by atoms with van der Waals surface area (Å²) in [7, 11) is -2.73. The average molecular weight is 648 g/mol. The van der Waals surface area contributed by atoms with E-state index in [4.69, 9.17) is 22.3 Å². The van der Waals surface area contributed by atoms with Crippen LogP contribution < -0.4 is 22.1 Å². The summed E-state index contributed by atoms with van der Waals surface area (Å²) in [5.41, 5.74) is 12.0. The van der Waals surface area contributed by atoms with Crippen LogP contribution in [-0.2, 0) is 25.4 Å². The van der Waals surface area contributed by atoms with Gasteiger partial charge in [-0.15, -0.1) is 10.2 Å². The highest BCUT2D eigenvalue weighted by Crippen LogP contribution is 2.27. The van der Waals surface area contributed by atoms with Crippen LogP contribution in [0.2, 0.25) is 0 Å². The first-order valence-electron chi connectivity index (χ1n) is 14.6. The summed E-state index contributed by atoms with van der Waals surface area (Å²) in [5, 5.41) is 44.9. The number of tetrazole rings is 1. The lowest BCUT2D eigenvalue weighted by Crippen LogP contribution is -2.59. The van der Waals surface area contributed by atoms with E-state index in [1.165, 1.54) is 11.9 Å². The molecule has 2 fully saturated rings. The number of nitrogens with two attached hydrogens (primary N) is 2. The maximum atomic E-state index is 13.8. The number of nitrogens with zero attached hydrogens (tertiary/aromatic N) is 6. The number of H-pyrrole nitrogens is 1. The van der Waals surface area contributed by atoms with Crippen molar-refractivity contribution in [2.45, 2.75) is 56.2 Å². The third kappa shape index (κ3) is 8.43. The Balaban J connectivity index is 1.47. The van der Waals surface area contributed by atoms with Gasteiger partial charge in [-0.05, 0) is 48.8 Å². The number of nitrogens with one attached hydrogen (secondary N) is 5. The van der Waals surface area contributed by atoms with Crippen molar-refractivity contribution in [1.82, 2.24) is 45.4 Å². The van der Waals surface area contributed by atoms with Gasteiger partial charge in [0.1, 0.15) is 12.3 Å². The minimum Gasteiger partial charge on any atom is -0.371 e. The first kappa shape index (κ1) is 33.5. The lowest BCUT2D eigenvalue weighted by atomic mass is 9.90. The lowest BCUT2D eigenvalue weighted by molar-refractivity contribution is -0.129. The highest BCUT2D eigenvalue weighted by Gasteiger charge is 2.36. The summed E-state index contributed by atoms with van der Waals surface area (Å²) in [6, 6.07) is 4.91. The molecule has 1 aromatic heterocycles. The molecule has 45 heavy (non-hydrogen) atoms. The Hall–Kier alpha value is -4.36. The van der Waals surface area contributed by atoms with Crippen molar-refractivity contribution in [2.24, 2.45) is 17.4 Å². The van der Waals surface area contributed by atoms with Gasteiger partial charge in [-0.25, -0.2) is 8.42 Å². The summed E-state index contributed by atoms with van der Waals surface area (Å²) in [5.74, 6) is -1.82. The molecule has 2 aliphatic heterocycles. The van der Waals surface area contributed by atoms with Crippen molar-refractivity contribution < 1.29 is 23.1 Å². The molecule has 2 aliphatic rings. The van der Waals surface area contributed by atoms with E-state index in [1.807, 2.05) is 0 Å². The van der Waals surface area contributed by atoms with Crippen molar-refractivity contribution in [3.05, 3.63) is 29.8 Å². The number of carbonyl (C=O) groups excluding carboxylic acids is 2. The number of hydrogen-bond acceptors (Lipinski definition) is 10. The maximum Gasteiger partial charge on any atom is 0.239 e. The van der Waals surface area contributed by atoms with E-state index in [0.717, 1.165) is 4.31 Å². The largest absolute Gasteiger partial charge is 0.371 e. The molecular weight excluding hydrogens is 606 g/mol. The average Bonchev–Trinajstić information content (AvgIpc) is 3.54. The molecule has 4 rings (SSSR count). The molecule has 0 saturated carbocycles. The van der Waals surface area contributed by atoms with Crippen LogP contribution in [-0.4, -0.2) is 124 Å². The SMILES string of the molecule is CN([C@@H](CC1CCN(C(=N)N)CC1)C(=O)NCC(=O)NC1CCCN(C(=N)N)C1O)S(=O)(=O)Cc1ccccc1-c1nn[nH]n1. The van der Waals surface area contributed by atoms with E-state index >= 15 is 0 Å². The molecule has 0 bridgehead atoms. The molecule has 2 saturated heterocycles. The standard InChI is InChI=1S/C26H41N13O5S/c1-37(45(43,44)15-17-5-2-3-6-18(17)22-33-35-36-34-22)20(13-16-8-11-38(12-9-16)25(27)28)23(41)31-14-21(40)32-19-7-4-10-39(24(19)42)26(29)30/h2-3,5-6,16,19-20,24,42H,4,7-15H2,1H3,(H3,27,28)(H3,29,30)(H,31,41)(H,32,40)(H,33,34,35,36)/t19?,20-,24?/m0/s1. The quantitative estimate of drug-likeness (QED) is 0.0962. The summed E-state index contributed by atoms with van der Waals surface area (Å²) in [6.07, 6.45) is 1.26. The summed E-state index contributed by atoms with van der Waals surface area (Å²) in [6.45, 7) is 0.946. The lowest BCUT2D eigenvalue weighted by Gasteiger charge is -2.38. The predicted octanol–water partition coefficient (Wildman–Crippen LogP) is -2.10. The number of aliphatic hydroxyl groups excluding tert-OH is 1. The van der Waals surface area contributed by atoms with E-state index in [-0.39, 0.29) is 30.1 Å². The van der Waals surface area contributed by atoms with Gasteiger partial charge < -0.3 is 37.0 Å². The molecule has 3 heterocycles. The van der Waals surface area contributed by atoms with Gasteiger partial charge >= 0.3 is 0 Å². The van der Waals surface area contributed by atoms with Gasteiger partial charge in [0.25, 0.3) is 0 Å². The molecule has 18 nitrogen and oxygen atoms in total. The van der Waals surface area contributed by atoms with Crippen LogP contribution in [0.15, 0.2) is 24.3 Å². The molecule has 0 spiro atoms. The van der Waals surface area contributed by atoms with Gasteiger partial charge in [0.2, 0.25) is 27.7 Å². The van der Waals surface area contributed by atoms with Crippen LogP contribution in [0.4, 0.5) is 0 Å². The van der Waals surface area contributed by atoms with Crippen LogP contribution in [0.3, 0.4) is 0 Å². The molecule has 10 N–H and O–H groups in total. The molecule has 2 unspecified atom stereocenters. The third-order valence-corrected chi connectivity index (χ3v) is 10.1. The second kappa shape index (κ2) is 14.6. The Morgan fingerprint density at radius 3 is 2.51 bits per heavy atom. The number of hydrogen-bond donors (Lipinski definition) is 8. The third-order valence-electron chi connectivity index (χ3n) is 8.31. The highest BCUT2D eigenvalue weighted by molar-refractivity contribution is 7.88. The number of aliphatic hydroxyl groups is 1. The molecule has 1 aromatic carbocycles. The Bertz CT molecular complexity index is 1460. The summed E-state index contributed by atoms with van der Waals surface area (Å²) < 4.78 is 28.6. The van der Waals surface area contributed by atoms with Crippen molar-refractivity contribution in [3.63, 3.8) is 0 Å². The van der Waals surface area contributed by atoms with E-state index in [9.17, 15) is 23.1 Å². The van der Waals surface area contributed by atoms with E-state index in [2.05, 4.69) is 31.3 Å². The van der Waals surface area contributed by atoms with Crippen LogP contribution in [0.1, 0.15) is 37.7 Å². The van der Waals surface area contributed by atoms with Gasteiger partial charge in [-0.3, -0.25) is 20.4 Å². The van der Waals surface area contributed by atoms with Crippen molar-refractivity contribution >= 4 is 33.8 Å². The fourth-order valence-electron chi connectivity index (χ4n) is 5.71. The van der Waals surface area contributed by atoms with Crippen molar-refractivity contribution in [3.8, 4) is 11.4 Å². The number of aromatic amines is 1. The number of aromatic nitrogens is 4. The smallest absolute Gasteiger partial charge is 0.239 e.